The number of alkyl halides is 2. The normalized spacial score (nSPS) is 18.9. The Morgan fingerprint density at radius 2 is 2.18 bits per heavy atom. The van der Waals surface area contributed by atoms with Gasteiger partial charge in [-0.05, 0) is 18.8 Å². The maximum absolute atomic E-state index is 12.1. The number of rotatable bonds is 5. The summed E-state index contributed by atoms with van der Waals surface area (Å²) in [6.07, 6.45) is -0.325. The zero-order chi connectivity index (χ0) is 15.7. The van der Waals surface area contributed by atoms with E-state index in [9.17, 15) is 13.6 Å². The van der Waals surface area contributed by atoms with Crippen molar-refractivity contribution in [3.05, 3.63) is 11.3 Å². The lowest BCUT2D eigenvalue weighted by molar-refractivity contribution is 0.00459. The Bertz CT molecular complexity index is 554. The first-order valence-electron chi connectivity index (χ1n) is 7.42. The van der Waals surface area contributed by atoms with Crippen molar-refractivity contribution in [2.45, 2.75) is 37.5 Å². The van der Waals surface area contributed by atoms with E-state index in [1.165, 1.54) is 0 Å². The van der Waals surface area contributed by atoms with Crippen molar-refractivity contribution < 1.29 is 23.0 Å². The molecule has 122 valence electrons. The number of nitrogens with zero attached hydrogens (tertiary/aromatic N) is 2. The van der Waals surface area contributed by atoms with E-state index in [4.69, 9.17) is 4.74 Å². The van der Waals surface area contributed by atoms with Crippen LogP contribution in [0.1, 0.15) is 42.4 Å². The summed E-state index contributed by atoms with van der Waals surface area (Å²) in [6.45, 7) is 0.379. The monoisotopic (exact) mass is 315 g/mol. The van der Waals surface area contributed by atoms with Gasteiger partial charge in [-0.2, -0.15) is 5.10 Å². The van der Waals surface area contributed by atoms with Gasteiger partial charge in [0.2, 0.25) is 0 Å². The number of aromatic nitrogens is 2. The molecule has 6 nitrogen and oxygen atoms in total. The van der Waals surface area contributed by atoms with Gasteiger partial charge in [0.15, 0.2) is 12.4 Å². The van der Waals surface area contributed by atoms with Gasteiger partial charge in [-0.25, -0.2) is 13.6 Å². The lowest BCUT2D eigenvalue weighted by atomic mass is 9.78. The van der Waals surface area contributed by atoms with Gasteiger partial charge in [0.25, 0.3) is 6.43 Å². The molecule has 1 aliphatic carbocycles. The van der Waals surface area contributed by atoms with Crippen LogP contribution in [0.4, 0.5) is 19.4 Å². The fraction of sp³-hybridized carbons (Fsp3) is 0.714. The molecular weight excluding hydrogens is 296 g/mol. The second-order valence-corrected chi connectivity index (χ2v) is 5.75. The maximum Gasteiger partial charge on any atom is 0.413 e. The second kappa shape index (κ2) is 6.20. The topological polar surface area (TPSA) is 65.4 Å². The number of hydrogen-bond donors (Lipinski definition) is 1. The van der Waals surface area contributed by atoms with Gasteiger partial charge < -0.3 is 9.47 Å². The van der Waals surface area contributed by atoms with Crippen LogP contribution < -0.4 is 5.32 Å². The molecule has 2 fully saturated rings. The third-order valence-electron chi connectivity index (χ3n) is 4.23. The third kappa shape index (κ3) is 2.92. The Morgan fingerprint density at radius 3 is 2.68 bits per heavy atom. The summed E-state index contributed by atoms with van der Waals surface area (Å²) in [5.41, 5.74) is 2.08. The summed E-state index contributed by atoms with van der Waals surface area (Å²) in [6, 6.07) is 0. The van der Waals surface area contributed by atoms with E-state index in [2.05, 4.69) is 15.2 Å². The number of hydrogen-bond acceptors (Lipinski definition) is 4. The van der Waals surface area contributed by atoms with Gasteiger partial charge >= 0.3 is 6.09 Å². The third-order valence-corrected chi connectivity index (χ3v) is 4.23. The number of halogens is 2. The summed E-state index contributed by atoms with van der Waals surface area (Å²) in [4.78, 5) is 11.6. The predicted molar refractivity (Wildman–Crippen MR) is 74.3 cm³/mol. The first-order chi connectivity index (χ1) is 10.6. The molecule has 0 radical (unpaired) electrons. The average molecular weight is 315 g/mol. The van der Waals surface area contributed by atoms with Crippen molar-refractivity contribution in [2.24, 2.45) is 7.05 Å². The molecule has 1 saturated heterocycles. The molecule has 1 amide bonds. The number of nitrogens with one attached hydrogen (secondary N) is 1. The van der Waals surface area contributed by atoms with Crippen molar-refractivity contribution in [1.82, 2.24) is 9.78 Å². The second-order valence-electron chi connectivity index (χ2n) is 5.75. The smallest absolute Gasteiger partial charge is 0.413 e. The number of carbonyl (C=O) groups excluding carboxylic acids is 1. The van der Waals surface area contributed by atoms with Gasteiger partial charge in [0.05, 0.1) is 18.9 Å². The van der Waals surface area contributed by atoms with Crippen LogP contribution in [0.2, 0.25) is 0 Å². The lowest BCUT2D eigenvalue weighted by Crippen LogP contribution is -2.29. The van der Waals surface area contributed by atoms with E-state index in [1.54, 1.807) is 4.68 Å². The van der Waals surface area contributed by atoms with E-state index in [0.29, 0.717) is 24.9 Å². The average Bonchev–Trinajstić information content (AvgIpc) is 2.61. The zero-order valence-electron chi connectivity index (χ0n) is 12.3. The highest BCUT2D eigenvalue weighted by Gasteiger charge is 2.35. The SMILES string of the molecule is Cn1nc(NC(=O)OCC(F)F)c(C2CCC2)c1C1COC1. The van der Waals surface area contributed by atoms with E-state index in [1.807, 2.05) is 7.05 Å². The summed E-state index contributed by atoms with van der Waals surface area (Å²) < 4.78 is 35.7. The molecule has 1 N–H and O–H groups in total. The van der Waals surface area contributed by atoms with Crippen LogP contribution in [-0.2, 0) is 16.5 Å². The fourth-order valence-electron chi connectivity index (χ4n) is 2.89. The van der Waals surface area contributed by atoms with E-state index in [-0.39, 0.29) is 5.92 Å². The molecule has 0 atom stereocenters. The van der Waals surface area contributed by atoms with Crippen molar-refractivity contribution in [1.29, 1.82) is 0 Å². The van der Waals surface area contributed by atoms with E-state index < -0.39 is 19.1 Å². The Morgan fingerprint density at radius 1 is 1.45 bits per heavy atom. The van der Waals surface area contributed by atoms with Crippen LogP contribution in [0.25, 0.3) is 0 Å². The molecule has 0 aromatic carbocycles. The highest BCUT2D eigenvalue weighted by Crippen LogP contribution is 2.44. The van der Waals surface area contributed by atoms with Gasteiger partial charge in [-0.1, -0.05) is 6.42 Å². The molecule has 1 saturated carbocycles. The molecule has 1 aromatic heterocycles. The highest BCUT2D eigenvalue weighted by molar-refractivity contribution is 5.84. The molecule has 0 unspecified atom stereocenters. The van der Waals surface area contributed by atoms with Gasteiger partial charge in [0, 0.05) is 18.5 Å². The van der Waals surface area contributed by atoms with Crippen LogP contribution in [-0.4, -0.2) is 42.1 Å². The van der Waals surface area contributed by atoms with Crippen LogP contribution in [0.5, 0.6) is 0 Å². The van der Waals surface area contributed by atoms with Crippen LogP contribution in [0, 0.1) is 0 Å². The minimum atomic E-state index is -2.68. The molecule has 3 rings (SSSR count). The summed E-state index contributed by atoms with van der Waals surface area (Å²) in [7, 11) is 1.82. The number of amides is 1. The molecule has 1 aliphatic heterocycles. The van der Waals surface area contributed by atoms with Crippen molar-refractivity contribution in [2.75, 3.05) is 25.1 Å². The summed E-state index contributed by atoms with van der Waals surface area (Å²) >= 11 is 0. The molecule has 2 aliphatic rings. The Balaban J connectivity index is 1.79. The number of anilines is 1. The molecule has 8 heteroatoms. The molecule has 1 aromatic rings. The van der Waals surface area contributed by atoms with Gasteiger partial charge in [0.1, 0.15) is 0 Å². The predicted octanol–water partition coefficient (Wildman–Crippen LogP) is 2.62. The molecule has 22 heavy (non-hydrogen) atoms. The van der Waals surface area contributed by atoms with Gasteiger partial charge in [-0.15, -0.1) is 0 Å². The lowest BCUT2D eigenvalue weighted by Gasteiger charge is -2.32. The van der Waals surface area contributed by atoms with E-state index in [0.717, 1.165) is 30.5 Å². The molecular formula is C14H19F2N3O3. The van der Waals surface area contributed by atoms with E-state index >= 15 is 0 Å². The number of carbonyl (C=O) groups is 1. The fourth-order valence-corrected chi connectivity index (χ4v) is 2.89. The van der Waals surface area contributed by atoms with Gasteiger partial charge in [-0.3, -0.25) is 10.00 Å². The van der Waals surface area contributed by atoms with Crippen LogP contribution in [0.15, 0.2) is 0 Å². The van der Waals surface area contributed by atoms with Crippen molar-refractivity contribution in [3.63, 3.8) is 0 Å². The standard InChI is InChI=1S/C14H19F2N3O3/c1-19-12(9-5-21-6-9)11(8-3-2-4-8)13(18-19)17-14(20)22-7-10(15)16/h8-10H,2-7H2,1H3,(H,17,18,20). The first kappa shape index (κ1) is 15.2. The van der Waals surface area contributed by atoms with Crippen LogP contribution >= 0.6 is 0 Å². The Kier molecular flexibility index (Phi) is 4.28. The largest absolute Gasteiger partial charge is 0.443 e. The summed E-state index contributed by atoms with van der Waals surface area (Å²) in [5.74, 6) is 1.06. The van der Waals surface area contributed by atoms with Crippen molar-refractivity contribution >= 4 is 11.9 Å². The first-order valence-corrected chi connectivity index (χ1v) is 7.42. The molecule has 2 heterocycles. The number of aryl methyl sites for hydroxylation is 1. The zero-order valence-corrected chi connectivity index (χ0v) is 12.3. The molecule has 0 spiro atoms. The number of ether oxygens (including phenoxy) is 2. The molecule has 0 bridgehead atoms. The Hall–Kier alpha value is -1.70. The Labute approximate surface area is 126 Å². The minimum absolute atomic E-state index is 0.278. The quantitative estimate of drug-likeness (QED) is 0.907. The summed E-state index contributed by atoms with van der Waals surface area (Å²) in [5, 5.41) is 6.86. The highest BCUT2D eigenvalue weighted by atomic mass is 19.3. The maximum atomic E-state index is 12.1. The van der Waals surface area contributed by atoms with Crippen molar-refractivity contribution in [3.8, 4) is 0 Å². The van der Waals surface area contributed by atoms with Crippen LogP contribution in [0.3, 0.4) is 0 Å². The minimum Gasteiger partial charge on any atom is -0.443 e.